The van der Waals surface area contributed by atoms with E-state index in [4.69, 9.17) is 10.5 Å². The number of rotatable bonds is 3. The zero-order valence-corrected chi connectivity index (χ0v) is 12.6. The Hall–Kier alpha value is -1.26. The molecule has 1 fully saturated rings. The molecule has 3 rings (SSSR count). The number of nitrogens with two attached hydrogens (primary N) is 1. The second kappa shape index (κ2) is 6.46. The highest BCUT2D eigenvalue weighted by Crippen LogP contribution is 2.31. The van der Waals surface area contributed by atoms with Crippen LogP contribution in [0.2, 0.25) is 0 Å². The molecule has 1 aliphatic rings. The van der Waals surface area contributed by atoms with Crippen LogP contribution >= 0.6 is 12.4 Å². The van der Waals surface area contributed by atoms with E-state index >= 15 is 0 Å². The quantitative estimate of drug-likeness (QED) is 0.914. The van der Waals surface area contributed by atoms with Gasteiger partial charge in [-0.3, -0.25) is 5.10 Å². The van der Waals surface area contributed by atoms with Crippen molar-refractivity contribution in [3.8, 4) is 5.75 Å². The van der Waals surface area contributed by atoms with Crippen molar-refractivity contribution in [2.45, 2.75) is 38.7 Å². The zero-order valence-electron chi connectivity index (χ0n) is 11.8. The predicted molar refractivity (Wildman–Crippen MR) is 83.5 cm³/mol. The second-order valence-corrected chi connectivity index (χ2v) is 5.53. The molecule has 5 heteroatoms. The molecule has 0 amide bonds. The Morgan fingerprint density at radius 1 is 1.40 bits per heavy atom. The van der Waals surface area contributed by atoms with Gasteiger partial charge in [0.05, 0.1) is 17.8 Å². The molecule has 20 heavy (non-hydrogen) atoms. The first-order valence-corrected chi connectivity index (χ1v) is 7.07. The number of aromatic amines is 1. The lowest BCUT2D eigenvalue weighted by Gasteiger charge is -2.29. The molecule has 0 radical (unpaired) electrons. The molecule has 4 nitrogen and oxygen atoms in total. The maximum atomic E-state index is 6.20. The Morgan fingerprint density at radius 3 is 3.05 bits per heavy atom. The van der Waals surface area contributed by atoms with Gasteiger partial charge in [0.15, 0.2) is 0 Å². The first-order valence-electron chi connectivity index (χ1n) is 7.07. The summed E-state index contributed by atoms with van der Waals surface area (Å²) in [6.07, 6.45) is 6.86. The minimum absolute atomic E-state index is 0. The molecule has 2 aromatic rings. The second-order valence-electron chi connectivity index (χ2n) is 5.53. The Morgan fingerprint density at radius 2 is 2.25 bits per heavy atom. The lowest BCUT2D eigenvalue weighted by atomic mass is 9.87. The molecule has 1 saturated carbocycles. The smallest absolute Gasteiger partial charge is 0.123 e. The molecule has 0 unspecified atom stereocenters. The Kier molecular flexibility index (Phi) is 4.89. The van der Waals surface area contributed by atoms with Crippen LogP contribution in [0.4, 0.5) is 0 Å². The number of hydrogen-bond donors (Lipinski definition) is 2. The summed E-state index contributed by atoms with van der Waals surface area (Å²) in [4.78, 5) is 0. The van der Waals surface area contributed by atoms with Crippen molar-refractivity contribution in [3.05, 3.63) is 23.9 Å². The van der Waals surface area contributed by atoms with Crippen molar-refractivity contribution in [3.63, 3.8) is 0 Å². The summed E-state index contributed by atoms with van der Waals surface area (Å²) in [6, 6.07) is 4.08. The number of aromatic nitrogens is 2. The lowest BCUT2D eigenvalue weighted by molar-refractivity contribution is 0.125. The molecule has 1 aromatic heterocycles. The van der Waals surface area contributed by atoms with Gasteiger partial charge in [-0.2, -0.15) is 5.10 Å². The Bertz CT molecular complexity index is 569. The maximum Gasteiger partial charge on any atom is 0.123 e. The van der Waals surface area contributed by atoms with Gasteiger partial charge in [0.2, 0.25) is 0 Å². The zero-order chi connectivity index (χ0) is 13.2. The number of nitrogens with one attached hydrogen (secondary N) is 1. The van der Waals surface area contributed by atoms with Crippen molar-refractivity contribution < 1.29 is 4.74 Å². The van der Waals surface area contributed by atoms with Crippen LogP contribution < -0.4 is 10.5 Å². The fourth-order valence-electron chi connectivity index (χ4n) is 3.01. The highest BCUT2D eigenvalue weighted by Gasteiger charge is 2.23. The number of H-pyrrole nitrogens is 1. The van der Waals surface area contributed by atoms with E-state index in [-0.39, 0.29) is 12.4 Å². The fourth-order valence-corrected chi connectivity index (χ4v) is 3.01. The van der Waals surface area contributed by atoms with Crippen LogP contribution in [-0.2, 0) is 0 Å². The summed E-state index contributed by atoms with van der Waals surface area (Å²) >= 11 is 0. The first kappa shape index (κ1) is 15.1. The first-order chi connectivity index (χ1) is 9.28. The molecule has 2 atom stereocenters. The van der Waals surface area contributed by atoms with Crippen LogP contribution in [0.3, 0.4) is 0 Å². The van der Waals surface area contributed by atoms with Gasteiger partial charge >= 0.3 is 0 Å². The van der Waals surface area contributed by atoms with Gasteiger partial charge in [0.1, 0.15) is 5.75 Å². The molecular formula is C15H22ClN3O. The number of benzene rings is 1. The monoisotopic (exact) mass is 295 g/mol. The minimum atomic E-state index is 0. The predicted octanol–water partition coefficient (Wildman–Crippen LogP) is 3.19. The third kappa shape index (κ3) is 2.91. The van der Waals surface area contributed by atoms with Gasteiger partial charge in [0, 0.05) is 10.9 Å². The minimum Gasteiger partial charge on any atom is -0.490 e. The van der Waals surface area contributed by atoms with Crippen molar-refractivity contribution in [1.82, 2.24) is 10.2 Å². The van der Waals surface area contributed by atoms with E-state index < -0.39 is 0 Å². The van der Waals surface area contributed by atoms with Gasteiger partial charge in [-0.05, 0) is 57.2 Å². The largest absolute Gasteiger partial charge is 0.490 e. The normalized spacial score (nSPS) is 22.5. The van der Waals surface area contributed by atoms with Crippen molar-refractivity contribution in [1.29, 1.82) is 0 Å². The molecule has 0 spiro atoms. The van der Waals surface area contributed by atoms with E-state index in [1.54, 1.807) is 0 Å². The van der Waals surface area contributed by atoms with Crippen LogP contribution in [0.15, 0.2) is 18.3 Å². The van der Waals surface area contributed by atoms with Crippen LogP contribution in [0.1, 0.15) is 31.2 Å². The molecule has 3 N–H and O–H groups in total. The molecular weight excluding hydrogens is 274 g/mol. The van der Waals surface area contributed by atoms with E-state index in [9.17, 15) is 0 Å². The molecule has 1 aliphatic carbocycles. The van der Waals surface area contributed by atoms with Gasteiger partial charge in [0.25, 0.3) is 0 Å². The van der Waals surface area contributed by atoms with Crippen LogP contribution in [0.25, 0.3) is 10.9 Å². The number of hydrogen-bond acceptors (Lipinski definition) is 3. The topological polar surface area (TPSA) is 63.9 Å². The standard InChI is InChI=1S/C15H21N3O.ClH/c1-10-13-9-17-18-14(13)5-6-15(10)19-12-4-2-3-11(7-12)8-16;/h5-6,9,11-12H,2-4,7-8,16H2,1H3,(H,17,18);1H/t11-,12+;/m0./s1. The summed E-state index contributed by atoms with van der Waals surface area (Å²) in [7, 11) is 0. The van der Waals surface area contributed by atoms with Gasteiger partial charge in [-0.1, -0.05) is 0 Å². The average Bonchev–Trinajstić information content (AvgIpc) is 2.91. The summed E-state index contributed by atoms with van der Waals surface area (Å²) < 4.78 is 6.20. The number of fused-ring (bicyclic) bond motifs is 1. The van der Waals surface area contributed by atoms with E-state index in [1.165, 1.54) is 18.4 Å². The number of aryl methyl sites for hydroxylation is 1. The molecule has 110 valence electrons. The Balaban J connectivity index is 0.00000147. The SMILES string of the molecule is Cc1c(O[C@@H]2CCC[C@H](CN)C2)ccc2[nH]ncc12.Cl. The van der Waals surface area contributed by atoms with Crippen molar-refractivity contribution in [2.24, 2.45) is 11.7 Å². The third-order valence-electron chi connectivity index (χ3n) is 4.21. The number of nitrogens with zero attached hydrogens (tertiary/aromatic N) is 1. The van der Waals surface area contributed by atoms with E-state index in [1.807, 2.05) is 18.3 Å². The maximum absolute atomic E-state index is 6.20. The molecule has 0 aliphatic heterocycles. The highest BCUT2D eigenvalue weighted by molar-refractivity contribution is 5.85. The van der Waals surface area contributed by atoms with E-state index in [0.717, 1.165) is 36.0 Å². The van der Waals surface area contributed by atoms with E-state index in [2.05, 4.69) is 17.1 Å². The van der Waals surface area contributed by atoms with Crippen molar-refractivity contribution >= 4 is 23.3 Å². The van der Waals surface area contributed by atoms with Crippen LogP contribution in [0, 0.1) is 12.8 Å². The highest BCUT2D eigenvalue weighted by atomic mass is 35.5. The van der Waals surface area contributed by atoms with E-state index in [0.29, 0.717) is 12.0 Å². The summed E-state index contributed by atoms with van der Waals surface area (Å²) in [5.41, 5.74) is 8.01. The molecule has 1 heterocycles. The summed E-state index contributed by atoms with van der Waals surface area (Å²) in [5, 5.41) is 8.21. The summed E-state index contributed by atoms with van der Waals surface area (Å²) in [6.45, 7) is 2.87. The molecule has 0 bridgehead atoms. The van der Waals surface area contributed by atoms with Gasteiger partial charge < -0.3 is 10.5 Å². The number of halogens is 1. The fraction of sp³-hybridized carbons (Fsp3) is 0.533. The van der Waals surface area contributed by atoms with Gasteiger partial charge in [-0.15, -0.1) is 12.4 Å². The number of ether oxygens (including phenoxy) is 1. The summed E-state index contributed by atoms with van der Waals surface area (Å²) in [5.74, 6) is 1.60. The Labute approximate surface area is 125 Å². The molecule has 0 saturated heterocycles. The lowest BCUT2D eigenvalue weighted by Crippen LogP contribution is -2.29. The van der Waals surface area contributed by atoms with Gasteiger partial charge in [-0.25, -0.2) is 0 Å². The van der Waals surface area contributed by atoms with Crippen LogP contribution in [0.5, 0.6) is 5.75 Å². The third-order valence-corrected chi connectivity index (χ3v) is 4.21. The average molecular weight is 296 g/mol. The molecule has 1 aromatic carbocycles. The van der Waals surface area contributed by atoms with Crippen molar-refractivity contribution in [2.75, 3.05) is 6.54 Å². The van der Waals surface area contributed by atoms with Crippen LogP contribution in [-0.4, -0.2) is 22.8 Å².